The highest BCUT2D eigenvalue weighted by atomic mass is 32.1. The third-order valence-corrected chi connectivity index (χ3v) is 4.29. The van der Waals surface area contributed by atoms with Crippen molar-refractivity contribution in [3.8, 4) is 0 Å². The number of fused-ring (bicyclic) bond motifs is 1. The molecule has 0 bridgehead atoms. The van der Waals surface area contributed by atoms with Crippen LogP contribution in [0.3, 0.4) is 0 Å². The van der Waals surface area contributed by atoms with Crippen molar-refractivity contribution in [3.05, 3.63) is 20.9 Å². The Bertz CT molecular complexity index is 484. The van der Waals surface area contributed by atoms with Gasteiger partial charge >= 0.3 is 5.97 Å². The Morgan fingerprint density at radius 2 is 2.21 bits per heavy atom. The molecule has 1 N–H and O–H groups in total. The fourth-order valence-electron chi connectivity index (χ4n) is 2.15. The monoisotopic (exact) mass is 284 g/mol. The zero-order valence-corrected chi connectivity index (χ0v) is 12.6. The Hall–Kier alpha value is -0.910. The number of carbonyl (C=O) groups is 1. The zero-order chi connectivity index (χ0) is 14.2. The van der Waals surface area contributed by atoms with Crippen LogP contribution in [0.4, 0.5) is 0 Å². The minimum absolute atomic E-state index is 0.295. The van der Waals surface area contributed by atoms with Crippen molar-refractivity contribution >= 4 is 17.3 Å². The molecule has 1 aliphatic heterocycles. The van der Waals surface area contributed by atoms with E-state index in [0.29, 0.717) is 18.6 Å². The minimum Gasteiger partial charge on any atom is -0.456 e. The highest BCUT2D eigenvalue weighted by molar-refractivity contribution is 7.12. The summed E-state index contributed by atoms with van der Waals surface area (Å²) in [6, 6.07) is 0. The Morgan fingerprint density at radius 3 is 2.79 bits per heavy atom. The van der Waals surface area contributed by atoms with Crippen molar-refractivity contribution < 1.29 is 19.4 Å². The van der Waals surface area contributed by atoms with E-state index in [2.05, 4.69) is 0 Å². The smallest absolute Gasteiger partial charge is 0.340 e. The number of hydrogen-bond acceptors (Lipinski definition) is 5. The highest BCUT2D eigenvalue weighted by Gasteiger charge is 2.31. The van der Waals surface area contributed by atoms with Crippen LogP contribution in [0.25, 0.3) is 0 Å². The largest absolute Gasteiger partial charge is 0.456 e. The molecule has 19 heavy (non-hydrogen) atoms. The predicted molar refractivity (Wildman–Crippen MR) is 73.5 cm³/mol. The summed E-state index contributed by atoms with van der Waals surface area (Å²) in [7, 11) is 0. The van der Waals surface area contributed by atoms with Crippen molar-refractivity contribution in [2.24, 2.45) is 0 Å². The normalized spacial score (nSPS) is 19.1. The lowest BCUT2D eigenvalue weighted by atomic mass is 10.0. The fraction of sp³-hybridized carbons (Fsp3) is 0.643. The van der Waals surface area contributed by atoms with Gasteiger partial charge in [0.25, 0.3) is 0 Å². The molecule has 0 fully saturated rings. The highest BCUT2D eigenvalue weighted by Crippen LogP contribution is 2.38. The van der Waals surface area contributed by atoms with Gasteiger partial charge in [0, 0.05) is 4.88 Å². The van der Waals surface area contributed by atoms with Crippen LogP contribution in [0, 0.1) is 0 Å². The minimum atomic E-state index is -0.907. The van der Waals surface area contributed by atoms with Gasteiger partial charge in [0.2, 0.25) is 0 Å². The van der Waals surface area contributed by atoms with Crippen molar-refractivity contribution in [1.29, 1.82) is 0 Å². The van der Waals surface area contributed by atoms with Gasteiger partial charge < -0.3 is 14.6 Å². The standard InChI is InChI=1S/C14H20O4S/c1-5-9-10(12(15)18-14(2,3)4)8-6-7-17-13(16)11(8)19-9/h13,16H,5-7H2,1-4H3. The number of carbonyl (C=O) groups excluding carboxylic acids is 1. The molecule has 106 valence electrons. The van der Waals surface area contributed by atoms with Crippen LogP contribution in [0.1, 0.15) is 59.7 Å². The van der Waals surface area contributed by atoms with Crippen molar-refractivity contribution in [2.45, 2.75) is 52.4 Å². The van der Waals surface area contributed by atoms with Gasteiger partial charge in [-0.2, -0.15) is 0 Å². The average molecular weight is 284 g/mol. The van der Waals surface area contributed by atoms with E-state index in [1.807, 2.05) is 27.7 Å². The summed E-state index contributed by atoms with van der Waals surface area (Å²) in [6.07, 6.45) is 0.492. The van der Waals surface area contributed by atoms with Crippen LogP contribution in [-0.4, -0.2) is 23.3 Å². The fourth-order valence-corrected chi connectivity index (χ4v) is 3.36. The van der Waals surface area contributed by atoms with Crippen LogP contribution >= 0.6 is 11.3 Å². The quantitative estimate of drug-likeness (QED) is 0.848. The summed E-state index contributed by atoms with van der Waals surface area (Å²) in [4.78, 5) is 14.1. The topological polar surface area (TPSA) is 55.8 Å². The van der Waals surface area contributed by atoms with E-state index in [1.54, 1.807) is 0 Å². The van der Waals surface area contributed by atoms with Crippen LogP contribution < -0.4 is 0 Å². The second kappa shape index (κ2) is 5.23. The number of esters is 1. The predicted octanol–water partition coefficient (Wildman–Crippen LogP) is 2.83. The van der Waals surface area contributed by atoms with Crippen molar-refractivity contribution in [2.75, 3.05) is 6.61 Å². The molecule has 0 saturated carbocycles. The maximum atomic E-state index is 12.3. The number of rotatable bonds is 2. The Kier molecular flexibility index (Phi) is 3.99. The summed E-state index contributed by atoms with van der Waals surface area (Å²) in [6.45, 7) is 8.00. The second-order valence-electron chi connectivity index (χ2n) is 5.57. The number of aliphatic hydroxyl groups excluding tert-OH is 1. The lowest BCUT2D eigenvalue weighted by Crippen LogP contribution is -2.25. The molecule has 0 saturated heterocycles. The molecule has 0 aromatic carbocycles. The molecule has 1 unspecified atom stereocenters. The third-order valence-electron chi connectivity index (χ3n) is 2.89. The van der Waals surface area contributed by atoms with Crippen LogP contribution in [-0.2, 0) is 22.3 Å². The van der Waals surface area contributed by atoms with E-state index in [4.69, 9.17) is 9.47 Å². The molecule has 1 aromatic rings. The van der Waals surface area contributed by atoms with Crippen LogP contribution in [0.15, 0.2) is 0 Å². The van der Waals surface area contributed by atoms with Gasteiger partial charge in [-0.25, -0.2) is 4.79 Å². The van der Waals surface area contributed by atoms with Gasteiger partial charge in [-0.15, -0.1) is 11.3 Å². The summed E-state index contributed by atoms with van der Waals surface area (Å²) >= 11 is 1.45. The Morgan fingerprint density at radius 1 is 1.53 bits per heavy atom. The van der Waals surface area contributed by atoms with Gasteiger partial charge in [0.15, 0.2) is 6.29 Å². The molecule has 0 spiro atoms. The number of hydrogen-bond donors (Lipinski definition) is 1. The molecule has 1 aliphatic rings. The first-order chi connectivity index (χ1) is 8.83. The number of aryl methyl sites for hydroxylation is 1. The summed E-state index contributed by atoms with van der Waals surface area (Å²) in [5.74, 6) is -0.295. The molecular formula is C14H20O4S. The molecule has 1 aromatic heterocycles. The SMILES string of the molecule is CCc1sc2c(c1C(=O)OC(C)(C)C)CCOC2O. The molecule has 0 aliphatic carbocycles. The van der Waals surface area contributed by atoms with Gasteiger partial charge in [-0.1, -0.05) is 6.92 Å². The van der Waals surface area contributed by atoms with E-state index < -0.39 is 11.9 Å². The number of ether oxygens (including phenoxy) is 2. The molecule has 2 rings (SSSR count). The van der Waals surface area contributed by atoms with E-state index in [0.717, 1.165) is 21.7 Å². The Balaban J connectivity index is 2.41. The first kappa shape index (κ1) is 14.5. The first-order valence-electron chi connectivity index (χ1n) is 6.51. The summed E-state index contributed by atoms with van der Waals surface area (Å²) in [5, 5.41) is 9.85. The molecule has 5 heteroatoms. The van der Waals surface area contributed by atoms with Gasteiger partial charge in [-0.05, 0) is 39.2 Å². The molecule has 0 amide bonds. The second-order valence-corrected chi connectivity index (χ2v) is 6.71. The maximum Gasteiger partial charge on any atom is 0.340 e. The molecule has 1 atom stereocenters. The molecular weight excluding hydrogens is 264 g/mol. The average Bonchev–Trinajstić information content (AvgIpc) is 2.66. The van der Waals surface area contributed by atoms with Gasteiger partial charge in [0.05, 0.1) is 17.0 Å². The Labute approximate surface area is 117 Å². The molecule has 4 nitrogen and oxygen atoms in total. The van der Waals surface area contributed by atoms with E-state index in [1.165, 1.54) is 11.3 Å². The van der Waals surface area contributed by atoms with Gasteiger partial charge in [-0.3, -0.25) is 0 Å². The van der Waals surface area contributed by atoms with Crippen LogP contribution in [0.5, 0.6) is 0 Å². The zero-order valence-electron chi connectivity index (χ0n) is 11.8. The van der Waals surface area contributed by atoms with Crippen molar-refractivity contribution in [1.82, 2.24) is 0 Å². The lowest BCUT2D eigenvalue weighted by molar-refractivity contribution is -0.107. The van der Waals surface area contributed by atoms with Crippen LogP contribution in [0.2, 0.25) is 0 Å². The first-order valence-corrected chi connectivity index (χ1v) is 7.32. The van der Waals surface area contributed by atoms with E-state index >= 15 is 0 Å². The summed E-state index contributed by atoms with van der Waals surface area (Å²) in [5.41, 5.74) is 1.02. The summed E-state index contributed by atoms with van der Waals surface area (Å²) < 4.78 is 10.7. The van der Waals surface area contributed by atoms with E-state index in [9.17, 15) is 9.90 Å². The van der Waals surface area contributed by atoms with Crippen molar-refractivity contribution in [3.63, 3.8) is 0 Å². The maximum absolute atomic E-state index is 12.3. The number of aliphatic hydroxyl groups is 1. The third kappa shape index (κ3) is 2.99. The van der Waals surface area contributed by atoms with Gasteiger partial charge in [0.1, 0.15) is 5.60 Å². The molecule has 2 heterocycles. The number of thiophene rings is 1. The van der Waals surface area contributed by atoms with E-state index in [-0.39, 0.29) is 5.97 Å². The lowest BCUT2D eigenvalue weighted by Gasteiger charge is -2.22. The molecule has 0 radical (unpaired) electrons.